The summed E-state index contributed by atoms with van der Waals surface area (Å²) in [5.41, 5.74) is 9.10. The molecule has 7 heteroatoms. The third-order valence-corrected chi connectivity index (χ3v) is 6.13. The van der Waals surface area contributed by atoms with Crippen molar-refractivity contribution in [1.82, 2.24) is 4.90 Å². The molecule has 0 saturated carbocycles. The zero-order chi connectivity index (χ0) is 21.6. The lowest BCUT2D eigenvalue weighted by Crippen LogP contribution is -2.52. The van der Waals surface area contributed by atoms with Crippen molar-refractivity contribution in [3.05, 3.63) is 65.2 Å². The van der Waals surface area contributed by atoms with Gasteiger partial charge in [0.2, 0.25) is 5.90 Å². The second-order valence-corrected chi connectivity index (χ2v) is 9.09. The number of nitrogens with zero attached hydrogens (tertiary/aromatic N) is 3. The summed E-state index contributed by atoms with van der Waals surface area (Å²) in [7, 11) is 0. The molecular formula is C24H27N5O2. The number of aliphatic imine (C=N–C) groups is 2. The Morgan fingerprint density at radius 1 is 1.06 bits per heavy atom. The number of hydrogen-bond donors (Lipinski definition) is 2. The van der Waals surface area contributed by atoms with E-state index in [1.807, 2.05) is 67.3 Å². The fraction of sp³-hybridized carbons (Fsp3) is 0.375. The number of ether oxygens (including phenoxy) is 1. The molecule has 3 heterocycles. The fourth-order valence-corrected chi connectivity index (χ4v) is 4.37. The van der Waals surface area contributed by atoms with Crippen molar-refractivity contribution in [2.24, 2.45) is 15.7 Å². The van der Waals surface area contributed by atoms with Crippen molar-refractivity contribution in [2.75, 3.05) is 25.0 Å². The molecule has 2 aromatic carbocycles. The molecule has 0 bridgehead atoms. The molecule has 0 atom stereocenters. The highest BCUT2D eigenvalue weighted by molar-refractivity contribution is 6.04. The van der Waals surface area contributed by atoms with Crippen LogP contribution in [-0.2, 0) is 4.74 Å². The average molecular weight is 418 g/mol. The number of piperidine rings is 1. The number of fused-ring (bicyclic) bond motifs is 1. The Morgan fingerprint density at radius 2 is 1.77 bits per heavy atom. The molecule has 160 valence electrons. The number of nitrogens with one attached hydrogen (secondary N) is 1. The molecule has 1 amide bonds. The number of hydrogen-bond acceptors (Lipinski definition) is 6. The first-order valence-electron chi connectivity index (χ1n) is 10.7. The van der Waals surface area contributed by atoms with Crippen molar-refractivity contribution in [3.63, 3.8) is 0 Å². The molecule has 1 fully saturated rings. The SMILES string of the molecule is CC1(C)COC(c2ccc(C(=O)N3CCC4(CC3)N=C(N)c3ccccc3N4)cc2)=N1. The summed E-state index contributed by atoms with van der Waals surface area (Å²) < 4.78 is 5.69. The first-order valence-corrected chi connectivity index (χ1v) is 10.7. The summed E-state index contributed by atoms with van der Waals surface area (Å²) in [6.07, 6.45) is 1.43. The summed E-state index contributed by atoms with van der Waals surface area (Å²) in [5, 5.41) is 3.55. The Morgan fingerprint density at radius 3 is 2.45 bits per heavy atom. The second kappa shape index (κ2) is 7.11. The van der Waals surface area contributed by atoms with Gasteiger partial charge in [-0.2, -0.15) is 0 Å². The average Bonchev–Trinajstić information content (AvgIpc) is 3.14. The van der Waals surface area contributed by atoms with Crippen LogP contribution in [0.5, 0.6) is 0 Å². The minimum Gasteiger partial charge on any atom is -0.475 e. The van der Waals surface area contributed by atoms with Gasteiger partial charge in [0.1, 0.15) is 18.1 Å². The van der Waals surface area contributed by atoms with Gasteiger partial charge >= 0.3 is 0 Å². The molecule has 5 rings (SSSR count). The Kier molecular flexibility index (Phi) is 4.50. The smallest absolute Gasteiger partial charge is 0.253 e. The number of benzene rings is 2. The minimum absolute atomic E-state index is 0.0316. The molecule has 7 nitrogen and oxygen atoms in total. The Hall–Kier alpha value is -3.35. The van der Waals surface area contributed by atoms with Crippen LogP contribution in [0.25, 0.3) is 0 Å². The summed E-state index contributed by atoms with van der Waals surface area (Å²) >= 11 is 0. The van der Waals surface area contributed by atoms with Crippen LogP contribution < -0.4 is 11.1 Å². The van der Waals surface area contributed by atoms with Gasteiger partial charge in [0, 0.05) is 48.3 Å². The van der Waals surface area contributed by atoms with E-state index in [9.17, 15) is 4.79 Å². The largest absolute Gasteiger partial charge is 0.475 e. The van der Waals surface area contributed by atoms with E-state index >= 15 is 0 Å². The molecule has 0 unspecified atom stereocenters. The third-order valence-electron chi connectivity index (χ3n) is 6.13. The van der Waals surface area contributed by atoms with Crippen molar-refractivity contribution in [1.29, 1.82) is 0 Å². The van der Waals surface area contributed by atoms with Gasteiger partial charge in [0.15, 0.2) is 0 Å². The van der Waals surface area contributed by atoms with E-state index in [0.717, 1.165) is 16.8 Å². The molecule has 1 saturated heterocycles. The first kappa shape index (κ1) is 19.6. The second-order valence-electron chi connectivity index (χ2n) is 9.09. The first-order chi connectivity index (χ1) is 14.8. The number of rotatable bonds is 2. The lowest BCUT2D eigenvalue weighted by molar-refractivity contribution is 0.0685. The van der Waals surface area contributed by atoms with E-state index in [0.29, 0.717) is 49.8 Å². The van der Waals surface area contributed by atoms with E-state index < -0.39 is 5.66 Å². The van der Waals surface area contributed by atoms with Gasteiger partial charge in [-0.05, 0) is 50.2 Å². The number of carbonyl (C=O) groups excluding carboxylic acids is 1. The van der Waals surface area contributed by atoms with E-state index in [1.165, 1.54) is 0 Å². The predicted molar refractivity (Wildman–Crippen MR) is 122 cm³/mol. The Balaban J connectivity index is 1.26. The molecule has 0 radical (unpaired) electrons. The molecule has 3 N–H and O–H groups in total. The summed E-state index contributed by atoms with van der Waals surface area (Å²) in [5.74, 6) is 1.23. The van der Waals surface area contributed by atoms with Crippen molar-refractivity contribution < 1.29 is 9.53 Å². The number of para-hydroxylation sites is 1. The van der Waals surface area contributed by atoms with Gasteiger partial charge < -0.3 is 20.7 Å². The van der Waals surface area contributed by atoms with Crippen LogP contribution >= 0.6 is 0 Å². The maximum atomic E-state index is 13.1. The van der Waals surface area contributed by atoms with Gasteiger partial charge in [0.25, 0.3) is 5.91 Å². The highest BCUT2D eigenvalue weighted by Gasteiger charge is 2.39. The standard InChI is InChI=1S/C24H27N5O2/c1-23(2)15-31-21(28-23)16-7-9-17(10-8-16)22(30)29-13-11-24(12-14-29)26-19-6-4-3-5-18(19)20(25)27-24/h3-10,26H,11-15H2,1-2H3,(H2,25,27). The minimum atomic E-state index is -0.441. The van der Waals surface area contributed by atoms with E-state index in [2.05, 4.69) is 10.3 Å². The predicted octanol–water partition coefficient (Wildman–Crippen LogP) is 3.01. The van der Waals surface area contributed by atoms with Crippen molar-refractivity contribution >= 4 is 23.3 Å². The topological polar surface area (TPSA) is 92.3 Å². The zero-order valence-corrected chi connectivity index (χ0v) is 17.9. The zero-order valence-electron chi connectivity index (χ0n) is 17.9. The van der Waals surface area contributed by atoms with Crippen LogP contribution in [0.3, 0.4) is 0 Å². The lowest BCUT2D eigenvalue weighted by Gasteiger charge is -2.42. The molecule has 0 aliphatic carbocycles. The quantitative estimate of drug-likeness (QED) is 0.786. The van der Waals surface area contributed by atoms with E-state index in [-0.39, 0.29) is 11.4 Å². The van der Waals surface area contributed by atoms with Crippen LogP contribution in [0.4, 0.5) is 5.69 Å². The highest BCUT2D eigenvalue weighted by Crippen LogP contribution is 2.34. The number of amides is 1. The number of anilines is 1. The third kappa shape index (κ3) is 3.65. The highest BCUT2D eigenvalue weighted by atomic mass is 16.5. The molecule has 2 aromatic rings. The van der Waals surface area contributed by atoms with Crippen LogP contribution in [0, 0.1) is 0 Å². The van der Waals surface area contributed by atoms with Crippen LogP contribution in [0.1, 0.15) is 48.2 Å². The summed E-state index contributed by atoms with van der Waals surface area (Å²) in [6, 6.07) is 15.5. The van der Waals surface area contributed by atoms with Crippen LogP contribution in [-0.4, -0.2) is 53.4 Å². The lowest BCUT2D eigenvalue weighted by atomic mass is 9.93. The Bertz CT molecular complexity index is 1080. The number of nitrogens with two attached hydrogens (primary N) is 1. The van der Waals surface area contributed by atoms with Gasteiger partial charge in [-0.25, -0.2) is 9.98 Å². The van der Waals surface area contributed by atoms with Gasteiger partial charge in [-0.1, -0.05) is 12.1 Å². The normalized spacial score (nSPS) is 20.9. The van der Waals surface area contributed by atoms with Crippen LogP contribution in [0.2, 0.25) is 0 Å². The van der Waals surface area contributed by atoms with E-state index in [4.69, 9.17) is 15.5 Å². The molecule has 0 aromatic heterocycles. The number of carbonyl (C=O) groups is 1. The maximum Gasteiger partial charge on any atom is 0.253 e. The monoisotopic (exact) mass is 417 g/mol. The molecule has 31 heavy (non-hydrogen) atoms. The van der Waals surface area contributed by atoms with Gasteiger partial charge in [-0.15, -0.1) is 0 Å². The van der Waals surface area contributed by atoms with Crippen molar-refractivity contribution in [3.8, 4) is 0 Å². The molecule has 3 aliphatic heterocycles. The molecular weight excluding hydrogens is 390 g/mol. The van der Waals surface area contributed by atoms with Crippen molar-refractivity contribution in [2.45, 2.75) is 37.9 Å². The van der Waals surface area contributed by atoms with Crippen LogP contribution in [0.15, 0.2) is 58.5 Å². The summed E-state index contributed by atoms with van der Waals surface area (Å²) in [6.45, 7) is 5.90. The number of likely N-dealkylation sites (tertiary alicyclic amines) is 1. The number of amidine groups is 1. The maximum absolute atomic E-state index is 13.1. The molecule has 1 spiro atoms. The van der Waals surface area contributed by atoms with Gasteiger partial charge in [-0.3, -0.25) is 4.79 Å². The fourth-order valence-electron chi connectivity index (χ4n) is 4.37. The Labute approximate surface area is 182 Å². The van der Waals surface area contributed by atoms with Gasteiger partial charge in [0.05, 0.1) is 5.54 Å². The summed E-state index contributed by atoms with van der Waals surface area (Å²) in [4.78, 5) is 24.3. The molecule has 3 aliphatic rings. The van der Waals surface area contributed by atoms with E-state index in [1.54, 1.807) is 0 Å².